The summed E-state index contributed by atoms with van der Waals surface area (Å²) in [6, 6.07) is 7.16. The van der Waals surface area contributed by atoms with Crippen molar-refractivity contribution in [3.05, 3.63) is 24.3 Å². The minimum Gasteiger partial charge on any atom is -0.368 e. The molecule has 0 N–H and O–H groups in total. The molecule has 0 radical (unpaired) electrons. The Bertz CT molecular complexity index is 583. The summed E-state index contributed by atoms with van der Waals surface area (Å²) in [5.74, 6) is 0.128. The first-order valence-electron chi connectivity index (χ1n) is 7.09. The highest BCUT2D eigenvalue weighted by atomic mass is 79.9. The van der Waals surface area contributed by atoms with E-state index < -0.39 is 9.84 Å². The second-order valence-corrected chi connectivity index (χ2v) is 8.86. The van der Waals surface area contributed by atoms with Crippen LogP contribution < -0.4 is 4.90 Å². The summed E-state index contributed by atoms with van der Waals surface area (Å²) in [6.45, 7) is 7.40. The summed E-state index contributed by atoms with van der Waals surface area (Å²) in [5.41, 5.74) is 0.817. The average molecular weight is 376 g/mol. The van der Waals surface area contributed by atoms with E-state index >= 15 is 0 Å². The monoisotopic (exact) mass is 375 g/mol. The van der Waals surface area contributed by atoms with Gasteiger partial charge in [0.1, 0.15) is 0 Å². The van der Waals surface area contributed by atoms with E-state index in [1.807, 2.05) is 12.1 Å². The van der Waals surface area contributed by atoms with Crippen LogP contribution in [0.4, 0.5) is 5.69 Å². The highest BCUT2D eigenvalue weighted by molar-refractivity contribution is 9.09. The van der Waals surface area contributed by atoms with E-state index in [1.54, 1.807) is 19.1 Å². The molecule has 21 heavy (non-hydrogen) atoms. The van der Waals surface area contributed by atoms with Crippen molar-refractivity contribution in [2.75, 3.05) is 29.1 Å². The first-order chi connectivity index (χ1) is 9.77. The molecule has 0 bridgehead atoms. The number of nitrogens with zero attached hydrogens (tertiary/aromatic N) is 1. The number of morpholine rings is 1. The van der Waals surface area contributed by atoms with Crippen LogP contribution in [0.15, 0.2) is 29.2 Å². The zero-order valence-electron chi connectivity index (χ0n) is 12.7. The highest BCUT2D eigenvalue weighted by Gasteiger charge is 2.33. The molecule has 118 valence electrons. The van der Waals surface area contributed by atoms with Crippen LogP contribution >= 0.6 is 15.9 Å². The molecule has 2 rings (SSSR count). The van der Waals surface area contributed by atoms with E-state index in [-0.39, 0.29) is 17.5 Å². The van der Waals surface area contributed by atoms with Crippen molar-refractivity contribution >= 4 is 31.5 Å². The van der Waals surface area contributed by atoms with E-state index in [9.17, 15) is 8.42 Å². The maximum atomic E-state index is 11.9. The Hall–Kier alpha value is -0.590. The Morgan fingerprint density at radius 1 is 1.33 bits per heavy atom. The maximum Gasteiger partial charge on any atom is 0.178 e. The fourth-order valence-electron chi connectivity index (χ4n) is 2.60. The topological polar surface area (TPSA) is 46.6 Å². The normalized spacial score (nSPS) is 22.3. The third-order valence-corrected chi connectivity index (χ3v) is 6.07. The second kappa shape index (κ2) is 6.26. The summed E-state index contributed by atoms with van der Waals surface area (Å²) in [6.07, 6.45) is 0.132. The number of hydrogen-bond acceptors (Lipinski definition) is 4. The molecule has 0 aliphatic carbocycles. The third-order valence-electron chi connectivity index (χ3n) is 3.59. The molecule has 1 atom stereocenters. The molecule has 0 saturated carbocycles. The van der Waals surface area contributed by atoms with Gasteiger partial charge in [0, 0.05) is 24.1 Å². The predicted molar refractivity (Wildman–Crippen MR) is 89.1 cm³/mol. The third kappa shape index (κ3) is 3.99. The molecule has 1 saturated heterocycles. The summed E-state index contributed by atoms with van der Waals surface area (Å²) in [7, 11) is -3.13. The SMILES string of the molecule is CCS(=O)(=O)c1ccc(N2CC(CBr)OC(C)(C)C2)cc1. The van der Waals surface area contributed by atoms with E-state index in [0.717, 1.165) is 24.1 Å². The molecule has 1 fully saturated rings. The number of hydrogen-bond donors (Lipinski definition) is 0. The first kappa shape index (κ1) is 16.8. The van der Waals surface area contributed by atoms with Crippen molar-refractivity contribution in [1.82, 2.24) is 0 Å². The van der Waals surface area contributed by atoms with Crippen molar-refractivity contribution in [2.45, 2.75) is 37.4 Å². The van der Waals surface area contributed by atoms with Crippen molar-refractivity contribution in [3.63, 3.8) is 0 Å². The number of rotatable bonds is 4. The van der Waals surface area contributed by atoms with Gasteiger partial charge >= 0.3 is 0 Å². The molecule has 6 heteroatoms. The van der Waals surface area contributed by atoms with Gasteiger partial charge in [-0.3, -0.25) is 0 Å². The number of sulfone groups is 1. The van der Waals surface area contributed by atoms with Gasteiger partial charge in [0.15, 0.2) is 9.84 Å². The molecule has 0 spiro atoms. The molecule has 1 aliphatic rings. The number of halogens is 1. The van der Waals surface area contributed by atoms with Gasteiger partial charge < -0.3 is 9.64 Å². The van der Waals surface area contributed by atoms with Crippen molar-refractivity contribution in [3.8, 4) is 0 Å². The predicted octanol–water partition coefficient (Wildman–Crippen LogP) is 2.86. The van der Waals surface area contributed by atoms with E-state index in [1.165, 1.54) is 0 Å². The number of benzene rings is 1. The fraction of sp³-hybridized carbons (Fsp3) is 0.600. The maximum absolute atomic E-state index is 11.9. The molecular weight excluding hydrogens is 354 g/mol. The molecule has 0 aromatic heterocycles. The molecule has 1 aromatic carbocycles. The van der Waals surface area contributed by atoms with E-state index in [0.29, 0.717) is 4.90 Å². The van der Waals surface area contributed by atoms with Gasteiger partial charge in [-0.15, -0.1) is 0 Å². The smallest absolute Gasteiger partial charge is 0.178 e. The van der Waals surface area contributed by atoms with Crippen LogP contribution in [0.5, 0.6) is 0 Å². The Labute approximate surface area is 135 Å². The van der Waals surface area contributed by atoms with Crippen molar-refractivity contribution < 1.29 is 13.2 Å². The molecule has 1 aliphatic heterocycles. The minimum absolute atomic E-state index is 0.128. The summed E-state index contributed by atoms with van der Waals surface area (Å²) in [4.78, 5) is 2.64. The molecular formula is C15H22BrNO3S. The lowest BCUT2D eigenvalue weighted by Gasteiger charge is -2.43. The molecule has 1 unspecified atom stereocenters. The van der Waals surface area contributed by atoms with E-state index in [2.05, 4.69) is 34.7 Å². The Balaban J connectivity index is 2.22. The molecule has 4 nitrogen and oxygen atoms in total. The van der Waals surface area contributed by atoms with Crippen LogP contribution in [-0.4, -0.2) is 44.3 Å². The van der Waals surface area contributed by atoms with Crippen molar-refractivity contribution in [1.29, 1.82) is 0 Å². The number of ether oxygens (including phenoxy) is 1. The summed E-state index contributed by atoms with van der Waals surface area (Å²) < 4.78 is 29.7. The molecule has 1 aromatic rings. The van der Waals surface area contributed by atoms with Gasteiger partial charge in [0.05, 0.1) is 22.4 Å². The molecule has 0 amide bonds. The zero-order chi connectivity index (χ0) is 15.7. The second-order valence-electron chi connectivity index (χ2n) is 5.93. The first-order valence-corrected chi connectivity index (χ1v) is 9.86. The van der Waals surface area contributed by atoms with Gasteiger partial charge in [0.25, 0.3) is 0 Å². The minimum atomic E-state index is -3.13. The largest absolute Gasteiger partial charge is 0.368 e. The zero-order valence-corrected chi connectivity index (χ0v) is 15.1. The van der Waals surface area contributed by atoms with Crippen LogP contribution in [-0.2, 0) is 14.6 Å². The lowest BCUT2D eigenvalue weighted by Crippen LogP contribution is -2.53. The van der Waals surface area contributed by atoms with Gasteiger partial charge in [0.2, 0.25) is 0 Å². The van der Waals surface area contributed by atoms with Crippen LogP contribution in [0, 0.1) is 0 Å². The van der Waals surface area contributed by atoms with Crippen LogP contribution in [0.2, 0.25) is 0 Å². The van der Waals surface area contributed by atoms with Gasteiger partial charge in [-0.1, -0.05) is 22.9 Å². The van der Waals surface area contributed by atoms with Crippen LogP contribution in [0.25, 0.3) is 0 Å². The van der Waals surface area contributed by atoms with Gasteiger partial charge in [-0.2, -0.15) is 0 Å². The highest BCUT2D eigenvalue weighted by Crippen LogP contribution is 2.27. The lowest BCUT2D eigenvalue weighted by molar-refractivity contribution is -0.0724. The van der Waals surface area contributed by atoms with Crippen LogP contribution in [0.3, 0.4) is 0 Å². The standard InChI is InChI=1S/C15H22BrNO3S/c1-4-21(18,19)14-7-5-12(6-8-14)17-10-13(9-16)20-15(2,3)11-17/h5-8,13H,4,9-11H2,1-3H3. The summed E-state index contributed by atoms with van der Waals surface area (Å²) >= 11 is 3.48. The quantitative estimate of drug-likeness (QED) is 0.759. The number of anilines is 1. The molecule has 1 heterocycles. The van der Waals surface area contributed by atoms with Crippen LogP contribution in [0.1, 0.15) is 20.8 Å². The Morgan fingerprint density at radius 2 is 1.95 bits per heavy atom. The van der Waals surface area contributed by atoms with Crippen molar-refractivity contribution in [2.24, 2.45) is 0 Å². The van der Waals surface area contributed by atoms with E-state index in [4.69, 9.17) is 4.74 Å². The number of alkyl halides is 1. The Kier molecular flexibility index (Phi) is 5.00. The van der Waals surface area contributed by atoms with Gasteiger partial charge in [-0.05, 0) is 38.1 Å². The fourth-order valence-corrected chi connectivity index (χ4v) is 3.82. The average Bonchev–Trinajstić information content (AvgIpc) is 2.45. The Morgan fingerprint density at radius 3 is 2.48 bits per heavy atom. The van der Waals surface area contributed by atoms with Gasteiger partial charge in [-0.25, -0.2) is 8.42 Å². The lowest BCUT2D eigenvalue weighted by atomic mass is 10.0. The summed E-state index contributed by atoms with van der Waals surface area (Å²) in [5, 5.41) is 0.787.